The smallest absolute Gasteiger partial charge is 0.327 e. The Morgan fingerprint density at radius 3 is 2.22 bits per heavy atom. The molecule has 5 amide bonds. The molecule has 13 N–H and O–H groups in total. The number of nitrogens with two attached hydrogens (primary N) is 4. The van der Waals surface area contributed by atoms with Crippen LogP contribution < -0.4 is 44.2 Å². The molecule has 202 valence electrons. The Hall–Kier alpha value is -3.25. The Bertz CT molecular complexity index is 870. The molecule has 0 unspecified atom stereocenters. The average Bonchev–Trinajstić information content (AvgIpc) is 2.79. The monoisotopic (exact) mass is 549 g/mol. The number of carboxylic acids is 1. The number of aliphatic carboxylic acids is 1. The third kappa shape index (κ3) is 11.9. The number of rotatable bonds is 7. The van der Waals surface area contributed by atoms with Crippen LogP contribution in [0.15, 0.2) is 4.99 Å². The third-order valence-corrected chi connectivity index (χ3v) is 7.02. The minimum absolute atomic E-state index is 0.0369. The van der Waals surface area contributed by atoms with E-state index in [-0.39, 0.29) is 36.9 Å². The highest BCUT2D eigenvalue weighted by Gasteiger charge is 2.29. The standard InChI is InChI=1S/C18H31N9O7S2/c19-8-6-35-36-7-11(17(33)34)27-16(32)9(2-1-3-23-18(21)22)25-13(29)5-24-15(31)10(4-12(20)28)26-14(8)30/h8-11H,1-7,19H2,(H2,20,28)(H,24,31)(H,25,29)(H,26,30)(H,27,32)(H,33,34)(H4,21,22,23)/t8-,9+,10+,11-/m1/s1. The zero-order chi connectivity index (χ0) is 27.3. The number of carbonyl (C=O) groups excluding carboxylic acids is 5. The van der Waals surface area contributed by atoms with Crippen LogP contribution in [-0.4, -0.2) is 95.3 Å². The SMILES string of the molecule is NC(=O)C[C@@H]1NC(=O)[C@H](N)CSSC[C@H](C(=O)O)NC(=O)[C@H](CCCN=C(N)N)NC(=O)CNC1=O. The lowest BCUT2D eigenvalue weighted by Crippen LogP contribution is -2.55. The zero-order valence-electron chi connectivity index (χ0n) is 19.2. The number of primary amides is 1. The molecule has 0 saturated carbocycles. The van der Waals surface area contributed by atoms with Gasteiger partial charge in [-0.15, -0.1) is 0 Å². The first-order valence-electron chi connectivity index (χ1n) is 10.6. The normalized spacial score (nSPS) is 24.8. The summed E-state index contributed by atoms with van der Waals surface area (Å²) in [5, 5.41) is 18.8. The topological polar surface area (TPSA) is 287 Å². The summed E-state index contributed by atoms with van der Waals surface area (Å²) in [4.78, 5) is 76.8. The second-order valence-electron chi connectivity index (χ2n) is 7.59. The Morgan fingerprint density at radius 1 is 0.944 bits per heavy atom. The molecule has 0 aromatic carbocycles. The maximum Gasteiger partial charge on any atom is 0.327 e. The Morgan fingerprint density at radius 2 is 1.61 bits per heavy atom. The molecule has 36 heavy (non-hydrogen) atoms. The number of amides is 5. The molecule has 1 saturated heterocycles. The Kier molecular flexibility index (Phi) is 13.4. The van der Waals surface area contributed by atoms with Crippen LogP contribution in [0.2, 0.25) is 0 Å². The van der Waals surface area contributed by atoms with E-state index >= 15 is 0 Å². The molecule has 0 bridgehead atoms. The predicted octanol–water partition coefficient (Wildman–Crippen LogP) is -4.71. The van der Waals surface area contributed by atoms with Gasteiger partial charge in [-0.1, -0.05) is 21.6 Å². The van der Waals surface area contributed by atoms with E-state index in [4.69, 9.17) is 22.9 Å². The van der Waals surface area contributed by atoms with Crippen LogP contribution in [-0.2, 0) is 28.8 Å². The quantitative estimate of drug-likeness (QED) is 0.0626. The van der Waals surface area contributed by atoms with E-state index < -0.39 is 72.6 Å². The van der Waals surface area contributed by atoms with Gasteiger partial charge in [-0.2, -0.15) is 0 Å². The van der Waals surface area contributed by atoms with Crippen molar-refractivity contribution in [1.29, 1.82) is 0 Å². The van der Waals surface area contributed by atoms with Gasteiger partial charge < -0.3 is 49.3 Å². The summed E-state index contributed by atoms with van der Waals surface area (Å²) in [6.07, 6.45) is -0.203. The van der Waals surface area contributed by atoms with Crippen molar-refractivity contribution in [2.24, 2.45) is 27.9 Å². The second-order valence-corrected chi connectivity index (χ2v) is 10.1. The van der Waals surface area contributed by atoms with Gasteiger partial charge in [-0.3, -0.25) is 29.0 Å². The summed E-state index contributed by atoms with van der Waals surface area (Å²) in [7, 11) is 2.13. The molecule has 1 rings (SSSR count). The van der Waals surface area contributed by atoms with Crippen molar-refractivity contribution < 1.29 is 33.9 Å². The number of nitrogens with zero attached hydrogens (tertiary/aromatic N) is 1. The summed E-state index contributed by atoms with van der Waals surface area (Å²) in [5.74, 6) is -5.52. The summed E-state index contributed by atoms with van der Waals surface area (Å²) < 4.78 is 0. The molecule has 4 atom stereocenters. The number of hydrogen-bond donors (Lipinski definition) is 9. The van der Waals surface area contributed by atoms with Crippen molar-refractivity contribution in [2.45, 2.75) is 43.4 Å². The van der Waals surface area contributed by atoms with Crippen LogP contribution in [0, 0.1) is 0 Å². The van der Waals surface area contributed by atoms with Gasteiger partial charge >= 0.3 is 5.97 Å². The molecule has 0 aliphatic carbocycles. The molecule has 18 heteroatoms. The Balaban J connectivity index is 3.08. The van der Waals surface area contributed by atoms with Crippen molar-refractivity contribution >= 4 is 63.1 Å². The van der Waals surface area contributed by atoms with E-state index in [9.17, 15) is 33.9 Å². The number of hydrogen-bond acceptors (Lipinski definition) is 10. The summed E-state index contributed by atoms with van der Waals surface area (Å²) in [6.45, 7) is -0.454. The van der Waals surface area contributed by atoms with Gasteiger partial charge in [-0.05, 0) is 12.8 Å². The number of carboxylic acid groups (broad SMARTS) is 1. The summed E-state index contributed by atoms with van der Waals surface area (Å²) >= 11 is 0. The highest BCUT2D eigenvalue weighted by Crippen LogP contribution is 2.23. The van der Waals surface area contributed by atoms with Crippen LogP contribution in [0.3, 0.4) is 0 Å². The lowest BCUT2D eigenvalue weighted by atomic mass is 10.1. The largest absolute Gasteiger partial charge is 0.480 e. The molecule has 0 aromatic rings. The van der Waals surface area contributed by atoms with Crippen molar-refractivity contribution in [3.8, 4) is 0 Å². The van der Waals surface area contributed by atoms with E-state index in [1.54, 1.807) is 0 Å². The molecule has 0 aromatic heterocycles. The van der Waals surface area contributed by atoms with E-state index in [0.717, 1.165) is 21.6 Å². The first-order valence-corrected chi connectivity index (χ1v) is 13.1. The maximum absolute atomic E-state index is 12.8. The number of nitrogens with one attached hydrogen (secondary N) is 4. The van der Waals surface area contributed by atoms with Crippen LogP contribution >= 0.6 is 21.6 Å². The average molecular weight is 550 g/mol. The van der Waals surface area contributed by atoms with Crippen molar-refractivity contribution in [1.82, 2.24) is 21.3 Å². The van der Waals surface area contributed by atoms with Crippen molar-refractivity contribution in [3.63, 3.8) is 0 Å². The van der Waals surface area contributed by atoms with E-state index in [1.165, 1.54) is 0 Å². The van der Waals surface area contributed by atoms with Crippen molar-refractivity contribution in [3.05, 3.63) is 0 Å². The second kappa shape index (κ2) is 15.7. The number of aliphatic imine (C=N–C) groups is 1. The lowest BCUT2D eigenvalue weighted by Gasteiger charge is -2.21. The molecule has 1 fully saturated rings. The van der Waals surface area contributed by atoms with Gasteiger partial charge in [0, 0.05) is 18.1 Å². The van der Waals surface area contributed by atoms with E-state index in [1.807, 2.05) is 0 Å². The highest BCUT2D eigenvalue weighted by atomic mass is 33.1. The summed E-state index contributed by atoms with van der Waals surface area (Å²) in [5.41, 5.74) is 21.5. The van der Waals surface area contributed by atoms with Crippen LogP contribution in [0.1, 0.15) is 19.3 Å². The number of carbonyl (C=O) groups is 6. The molecule has 1 heterocycles. The zero-order valence-corrected chi connectivity index (χ0v) is 20.9. The van der Waals surface area contributed by atoms with E-state index in [2.05, 4.69) is 26.3 Å². The Labute approximate surface area is 214 Å². The molecule has 1 aliphatic heterocycles. The minimum atomic E-state index is -1.38. The van der Waals surface area contributed by atoms with Gasteiger partial charge in [0.05, 0.1) is 19.0 Å². The fourth-order valence-corrected chi connectivity index (χ4v) is 5.04. The fourth-order valence-electron chi connectivity index (χ4n) is 2.76. The predicted molar refractivity (Wildman–Crippen MR) is 133 cm³/mol. The van der Waals surface area contributed by atoms with Gasteiger partial charge in [0.1, 0.15) is 18.1 Å². The van der Waals surface area contributed by atoms with Gasteiger partial charge in [0.25, 0.3) is 0 Å². The van der Waals surface area contributed by atoms with Gasteiger partial charge in [0.15, 0.2) is 5.96 Å². The lowest BCUT2D eigenvalue weighted by molar-refractivity contribution is -0.141. The third-order valence-electron chi connectivity index (χ3n) is 4.58. The highest BCUT2D eigenvalue weighted by molar-refractivity contribution is 8.76. The summed E-state index contributed by atoms with van der Waals surface area (Å²) in [6, 6.07) is -4.93. The fraction of sp³-hybridized carbons (Fsp3) is 0.611. The van der Waals surface area contributed by atoms with Gasteiger partial charge in [-0.25, -0.2) is 4.79 Å². The first kappa shape index (κ1) is 30.8. The van der Waals surface area contributed by atoms with Crippen molar-refractivity contribution in [2.75, 3.05) is 24.6 Å². The number of guanidine groups is 1. The van der Waals surface area contributed by atoms with E-state index in [0.29, 0.717) is 0 Å². The molecule has 0 spiro atoms. The van der Waals surface area contributed by atoms with Crippen LogP contribution in [0.4, 0.5) is 0 Å². The molecule has 1 aliphatic rings. The maximum atomic E-state index is 12.8. The van der Waals surface area contributed by atoms with Crippen LogP contribution in [0.5, 0.6) is 0 Å². The van der Waals surface area contributed by atoms with Crippen LogP contribution in [0.25, 0.3) is 0 Å². The molecule has 0 radical (unpaired) electrons. The molecular weight excluding hydrogens is 518 g/mol. The first-order chi connectivity index (χ1) is 16.9. The molecular formula is C18H31N9O7S2. The molecule has 16 nitrogen and oxygen atoms in total. The van der Waals surface area contributed by atoms with Gasteiger partial charge in [0.2, 0.25) is 29.5 Å². The minimum Gasteiger partial charge on any atom is -0.480 e.